The number of hydrogen-bond acceptors (Lipinski definition) is 8. The zero-order chi connectivity index (χ0) is 35.0. The average molecular weight is 686 g/mol. The molecule has 3 aliphatic heterocycles. The van der Waals surface area contributed by atoms with Crippen LogP contribution in [0.2, 0.25) is 0 Å². The second-order valence-electron chi connectivity index (χ2n) is 13.4. The van der Waals surface area contributed by atoms with Gasteiger partial charge in [-0.2, -0.15) is 9.97 Å². The van der Waals surface area contributed by atoms with Gasteiger partial charge in [0.2, 0.25) is 0 Å². The molecule has 4 heterocycles. The first-order chi connectivity index (χ1) is 24.4. The molecule has 4 aliphatic rings. The van der Waals surface area contributed by atoms with E-state index in [1.165, 1.54) is 24.3 Å². The number of rotatable bonds is 8. The predicted molar refractivity (Wildman–Crippen MR) is 189 cm³/mol. The van der Waals surface area contributed by atoms with E-state index in [-0.39, 0.29) is 52.2 Å². The summed E-state index contributed by atoms with van der Waals surface area (Å²) in [5, 5.41) is 15.4. The van der Waals surface area contributed by atoms with Crippen LogP contribution in [0.3, 0.4) is 0 Å². The monoisotopic (exact) mass is 685 g/mol. The van der Waals surface area contributed by atoms with Gasteiger partial charge < -0.3 is 24.8 Å². The number of benzene rings is 3. The van der Waals surface area contributed by atoms with Crippen molar-refractivity contribution in [2.24, 2.45) is 0 Å². The summed E-state index contributed by atoms with van der Waals surface area (Å²) in [4.78, 5) is 13.8. The Morgan fingerprint density at radius 1 is 1.12 bits per heavy atom. The Hall–Kier alpha value is -4.37. The minimum Gasteiger partial charge on any atom is -0.508 e. The van der Waals surface area contributed by atoms with Crippen LogP contribution in [0.15, 0.2) is 48.3 Å². The number of fused-ring (bicyclic) bond motifs is 3. The molecule has 2 atom stereocenters. The van der Waals surface area contributed by atoms with E-state index in [4.69, 9.17) is 20.9 Å². The fraction of sp³-hybridized carbons (Fsp3) is 0.436. The third kappa shape index (κ3) is 6.36. The molecule has 2 N–H and O–H groups in total. The topological polar surface area (TPSA) is 83.0 Å². The standard InChI is InChI=1S/C37H36F3N5O3.C2H6/c1-2-27-31(39)9-4-23-14-25(46)15-30(32(23)27)28-7-8-29-34(33(28)40)42-36(48-21-37-10-3-12-45(37)18-22(16-37)17-38)43-35(29)44-13-11-41-24(19-44)20-47-26-5-6-26;1-2/h1,4,7-9,14-15,17,24,26,41,46H,3,5-6,10-13,16,18-21H2;1-2H3/b22-17-;. The zero-order valence-corrected chi connectivity index (χ0v) is 28.4. The number of phenolic OH excluding ortho intramolecular Hbond substituents is 1. The smallest absolute Gasteiger partial charge is 0.319 e. The van der Waals surface area contributed by atoms with Gasteiger partial charge in [0, 0.05) is 48.6 Å². The maximum absolute atomic E-state index is 16.9. The van der Waals surface area contributed by atoms with Crippen molar-refractivity contribution in [1.82, 2.24) is 20.2 Å². The van der Waals surface area contributed by atoms with Crippen LogP contribution in [0.1, 0.15) is 51.5 Å². The van der Waals surface area contributed by atoms with Gasteiger partial charge in [-0.25, -0.2) is 13.2 Å². The van der Waals surface area contributed by atoms with Gasteiger partial charge in [0.05, 0.1) is 30.1 Å². The first kappa shape index (κ1) is 34.1. The first-order valence-electron chi connectivity index (χ1n) is 17.5. The second kappa shape index (κ2) is 14.1. The summed E-state index contributed by atoms with van der Waals surface area (Å²) < 4.78 is 57.7. The van der Waals surface area contributed by atoms with Crippen LogP contribution in [-0.2, 0) is 4.74 Å². The highest BCUT2D eigenvalue weighted by atomic mass is 19.1. The van der Waals surface area contributed by atoms with E-state index in [1.807, 2.05) is 13.8 Å². The average Bonchev–Trinajstić information content (AvgIpc) is 3.79. The van der Waals surface area contributed by atoms with Gasteiger partial charge in [-0.3, -0.25) is 4.90 Å². The molecule has 4 aromatic rings. The number of piperazine rings is 1. The first-order valence-corrected chi connectivity index (χ1v) is 17.5. The number of aromatic nitrogens is 2. The molecule has 1 saturated carbocycles. The fourth-order valence-corrected chi connectivity index (χ4v) is 7.69. The largest absolute Gasteiger partial charge is 0.508 e. The molecule has 8 nitrogen and oxygen atoms in total. The quantitative estimate of drug-likeness (QED) is 0.195. The molecule has 0 radical (unpaired) electrons. The SMILES string of the molecule is C#Cc1c(F)ccc2cc(O)cc(-c3ccc4c(N5CCNC(COC6CC6)C5)nc(OCC56CCCN5C/C(=C\F)C6)nc4c3F)c12.CC. The summed E-state index contributed by atoms with van der Waals surface area (Å²) in [6.45, 7) is 8.11. The van der Waals surface area contributed by atoms with Crippen molar-refractivity contribution in [3.63, 3.8) is 0 Å². The number of nitrogens with zero attached hydrogens (tertiary/aromatic N) is 4. The van der Waals surface area contributed by atoms with Gasteiger partial charge in [-0.05, 0) is 79.4 Å². The van der Waals surface area contributed by atoms with E-state index in [0.717, 1.165) is 37.8 Å². The van der Waals surface area contributed by atoms with Gasteiger partial charge in [-0.15, -0.1) is 6.42 Å². The van der Waals surface area contributed by atoms with E-state index in [0.29, 0.717) is 73.6 Å². The van der Waals surface area contributed by atoms with Crippen LogP contribution in [-0.4, -0.2) is 83.6 Å². The van der Waals surface area contributed by atoms with Gasteiger partial charge in [0.1, 0.15) is 29.5 Å². The molecular formula is C39H42F3N5O3. The summed E-state index contributed by atoms with van der Waals surface area (Å²) in [6, 6.07) is 9.02. The van der Waals surface area contributed by atoms with Crippen molar-refractivity contribution in [3.8, 4) is 35.2 Å². The minimum atomic E-state index is -0.673. The molecule has 3 saturated heterocycles. The predicted octanol–water partition coefficient (Wildman–Crippen LogP) is 6.87. The Kier molecular flexibility index (Phi) is 9.61. The van der Waals surface area contributed by atoms with Crippen molar-refractivity contribution >= 4 is 27.5 Å². The number of hydrogen-bond donors (Lipinski definition) is 2. The molecule has 8 rings (SSSR count). The number of anilines is 1. The molecule has 4 fully saturated rings. The van der Waals surface area contributed by atoms with E-state index in [1.54, 1.807) is 12.1 Å². The lowest BCUT2D eigenvalue weighted by Crippen LogP contribution is -2.53. The molecule has 0 amide bonds. The lowest BCUT2D eigenvalue weighted by Gasteiger charge is -2.35. The molecule has 11 heteroatoms. The highest BCUT2D eigenvalue weighted by molar-refractivity contribution is 6.04. The molecule has 2 unspecified atom stereocenters. The normalized spacial score (nSPS) is 22.8. The lowest BCUT2D eigenvalue weighted by molar-refractivity contribution is 0.0961. The maximum Gasteiger partial charge on any atom is 0.319 e. The molecule has 50 heavy (non-hydrogen) atoms. The second-order valence-corrected chi connectivity index (χ2v) is 13.4. The van der Waals surface area contributed by atoms with Crippen molar-refractivity contribution in [3.05, 3.63) is 65.5 Å². The summed E-state index contributed by atoms with van der Waals surface area (Å²) in [5.41, 5.74) is 0.724. The van der Waals surface area contributed by atoms with Gasteiger partial charge in [0.15, 0.2) is 5.82 Å². The van der Waals surface area contributed by atoms with E-state index in [2.05, 4.69) is 26.0 Å². The van der Waals surface area contributed by atoms with Crippen molar-refractivity contribution in [2.45, 2.75) is 63.6 Å². The van der Waals surface area contributed by atoms with Crippen LogP contribution in [0.25, 0.3) is 32.8 Å². The third-order valence-corrected chi connectivity index (χ3v) is 10.2. The maximum atomic E-state index is 16.9. The Labute approximate surface area is 290 Å². The summed E-state index contributed by atoms with van der Waals surface area (Å²) >= 11 is 0. The number of nitrogens with one attached hydrogen (secondary N) is 1. The minimum absolute atomic E-state index is 0.0201. The number of ether oxygens (including phenoxy) is 2. The van der Waals surface area contributed by atoms with E-state index in [9.17, 15) is 13.9 Å². The molecule has 3 aromatic carbocycles. The summed E-state index contributed by atoms with van der Waals surface area (Å²) in [5.74, 6) is 1.53. The molecule has 0 bridgehead atoms. The van der Waals surface area contributed by atoms with E-state index >= 15 is 4.39 Å². The molecule has 1 aliphatic carbocycles. The van der Waals surface area contributed by atoms with Gasteiger partial charge >= 0.3 is 6.01 Å². The Bertz CT molecular complexity index is 1990. The Morgan fingerprint density at radius 3 is 2.74 bits per heavy atom. The van der Waals surface area contributed by atoms with Gasteiger partial charge in [-0.1, -0.05) is 31.9 Å². The van der Waals surface area contributed by atoms with Gasteiger partial charge in [0.25, 0.3) is 0 Å². The fourth-order valence-electron chi connectivity index (χ4n) is 7.69. The number of aromatic hydroxyl groups is 1. The summed E-state index contributed by atoms with van der Waals surface area (Å²) in [6.07, 6.45) is 11.3. The van der Waals surface area contributed by atoms with Crippen molar-refractivity contribution in [1.29, 1.82) is 0 Å². The molecule has 1 aromatic heterocycles. The molecule has 0 spiro atoms. The van der Waals surface area contributed by atoms with Crippen LogP contribution >= 0.6 is 0 Å². The van der Waals surface area contributed by atoms with Crippen LogP contribution in [0, 0.1) is 24.0 Å². The zero-order valence-electron chi connectivity index (χ0n) is 28.4. The Morgan fingerprint density at radius 2 is 1.96 bits per heavy atom. The van der Waals surface area contributed by atoms with E-state index < -0.39 is 11.6 Å². The number of phenols is 1. The van der Waals surface area contributed by atoms with Crippen molar-refractivity contribution < 1.29 is 27.8 Å². The van der Waals surface area contributed by atoms with Crippen molar-refractivity contribution in [2.75, 3.05) is 50.8 Å². The highest BCUT2D eigenvalue weighted by Gasteiger charge is 2.47. The van der Waals surface area contributed by atoms with Crippen LogP contribution < -0.4 is 15.0 Å². The number of terminal acetylenes is 1. The van der Waals surface area contributed by atoms with Crippen LogP contribution in [0.4, 0.5) is 19.0 Å². The molecule has 262 valence electrons. The highest BCUT2D eigenvalue weighted by Crippen LogP contribution is 2.43. The van der Waals surface area contributed by atoms with Crippen LogP contribution in [0.5, 0.6) is 11.8 Å². The third-order valence-electron chi connectivity index (χ3n) is 10.2. The molecular weight excluding hydrogens is 643 g/mol. The summed E-state index contributed by atoms with van der Waals surface area (Å²) in [7, 11) is 0. The lowest BCUT2D eigenvalue weighted by atomic mass is 9.93. The number of halogens is 3. The Balaban J connectivity index is 0.00000193.